The summed E-state index contributed by atoms with van der Waals surface area (Å²) in [6.07, 6.45) is -4.20. The zero-order valence-electron chi connectivity index (χ0n) is 11.8. The predicted octanol–water partition coefficient (Wildman–Crippen LogP) is 2.53. The number of anilines is 1. The molecule has 1 atom stereocenters. The molecule has 0 aromatic heterocycles. The molecular formula is C14H19F4N3. The second kappa shape index (κ2) is 6.19. The first-order chi connectivity index (χ1) is 9.78. The van der Waals surface area contributed by atoms with E-state index >= 15 is 0 Å². The maximum absolute atomic E-state index is 14.1. The summed E-state index contributed by atoms with van der Waals surface area (Å²) < 4.78 is 51.2. The van der Waals surface area contributed by atoms with E-state index in [0.29, 0.717) is 24.3 Å². The first-order valence-electron chi connectivity index (χ1n) is 6.86. The summed E-state index contributed by atoms with van der Waals surface area (Å²) in [4.78, 5) is 3.11. The number of hydrogen-bond donors (Lipinski definition) is 1. The number of alkyl halides is 3. The molecule has 7 heteroatoms. The molecule has 0 aliphatic carbocycles. The molecule has 0 amide bonds. The Kier molecular flexibility index (Phi) is 4.73. The molecule has 0 saturated carbocycles. The van der Waals surface area contributed by atoms with Gasteiger partial charge >= 0.3 is 6.18 Å². The quantitative estimate of drug-likeness (QED) is 0.871. The highest BCUT2D eigenvalue weighted by molar-refractivity contribution is 5.56. The van der Waals surface area contributed by atoms with Crippen molar-refractivity contribution in [3.63, 3.8) is 0 Å². The Balaban J connectivity index is 2.09. The lowest BCUT2D eigenvalue weighted by Gasteiger charge is -2.37. The van der Waals surface area contributed by atoms with Crippen LogP contribution in [0.15, 0.2) is 18.2 Å². The molecule has 0 radical (unpaired) electrons. The van der Waals surface area contributed by atoms with Crippen LogP contribution in [0.25, 0.3) is 0 Å². The molecule has 1 saturated heterocycles. The van der Waals surface area contributed by atoms with Crippen molar-refractivity contribution in [3.05, 3.63) is 29.6 Å². The molecule has 0 unspecified atom stereocenters. The first kappa shape index (κ1) is 16.0. The fraction of sp³-hybridized carbons (Fsp3) is 0.571. The van der Waals surface area contributed by atoms with Crippen molar-refractivity contribution in [3.8, 4) is 0 Å². The van der Waals surface area contributed by atoms with Crippen molar-refractivity contribution < 1.29 is 17.6 Å². The smallest absolute Gasteiger partial charge is 0.366 e. The van der Waals surface area contributed by atoms with E-state index in [0.717, 1.165) is 0 Å². The van der Waals surface area contributed by atoms with Gasteiger partial charge in [0.05, 0.1) is 12.2 Å². The van der Waals surface area contributed by atoms with Gasteiger partial charge in [-0.1, -0.05) is 12.1 Å². The Labute approximate surface area is 121 Å². The predicted molar refractivity (Wildman–Crippen MR) is 73.7 cm³/mol. The molecule has 1 heterocycles. The lowest BCUT2D eigenvalue weighted by Crippen LogP contribution is -2.49. The van der Waals surface area contributed by atoms with Crippen LogP contribution in [0.3, 0.4) is 0 Å². The molecule has 2 rings (SSSR count). The van der Waals surface area contributed by atoms with Crippen molar-refractivity contribution >= 4 is 5.69 Å². The summed E-state index contributed by atoms with van der Waals surface area (Å²) in [5, 5.41) is 0. The number of nitrogens with two attached hydrogens (primary N) is 1. The van der Waals surface area contributed by atoms with Crippen LogP contribution < -0.4 is 10.6 Å². The van der Waals surface area contributed by atoms with Gasteiger partial charge in [0.25, 0.3) is 0 Å². The molecule has 1 aliphatic rings. The molecule has 0 bridgehead atoms. The van der Waals surface area contributed by atoms with E-state index < -0.39 is 12.7 Å². The fourth-order valence-corrected chi connectivity index (χ4v) is 2.62. The van der Waals surface area contributed by atoms with Gasteiger partial charge < -0.3 is 10.6 Å². The Morgan fingerprint density at radius 3 is 2.33 bits per heavy atom. The molecule has 3 nitrogen and oxygen atoms in total. The maximum Gasteiger partial charge on any atom is 0.401 e. The maximum atomic E-state index is 14.1. The van der Waals surface area contributed by atoms with Gasteiger partial charge in [-0.15, -0.1) is 0 Å². The minimum absolute atomic E-state index is 0.256. The Hall–Kier alpha value is -1.34. The van der Waals surface area contributed by atoms with Gasteiger partial charge in [0.2, 0.25) is 0 Å². The van der Waals surface area contributed by atoms with Crippen molar-refractivity contribution in [2.45, 2.75) is 19.1 Å². The van der Waals surface area contributed by atoms with Crippen LogP contribution >= 0.6 is 0 Å². The number of hydrogen-bond acceptors (Lipinski definition) is 3. The summed E-state index contributed by atoms with van der Waals surface area (Å²) in [6.45, 7) is 2.07. The molecule has 1 aromatic carbocycles. The molecule has 21 heavy (non-hydrogen) atoms. The van der Waals surface area contributed by atoms with Crippen LogP contribution in [-0.2, 0) is 0 Å². The highest BCUT2D eigenvalue weighted by Gasteiger charge is 2.32. The van der Waals surface area contributed by atoms with Crippen LogP contribution in [0.4, 0.5) is 23.2 Å². The molecule has 2 N–H and O–H groups in total. The zero-order valence-corrected chi connectivity index (χ0v) is 11.8. The molecule has 118 valence electrons. The van der Waals surface area contributed by atoms with Crippen LogP contribution in [0, 0.1) is 5.82 Å². The third-order valence-electron chi connectivity index (χ3n) is 3.60. The van der Waals surface area contributed by atoms with Gasteiger partial charge in [0, 0.05) is 32.2 Å². The van der Waals surface area contributed by atoms with E-state index in [1.807, 2.05) is 0 Å². The average molecular weight is 305 g/mol. The highest BCUT2D eigenvalue weighted by atomic mass is 19.4. The number of nitrogens with zero attached hydrogens (tertiary/aromatic N) is 2. The second-order valence-corrected chi connectivity index (χ2v) is 5.34. The van der Waals surface area contributed by atoms with Gasteiger partial charge in [-0.25, -0.2) is 4.39 Å². The molecule has 0 spiro atoms. The number of para-hydroxylation sites is 1. The van der Waals surface area contributed by atoms with Gasteiger partial charge in [-0.2, -0.15) is 13.2 Å². The Bertz CT molecular complexity index is 480. The van der Waals surface area contributed by atoms with E-state index in [1.54, 1.807) is 24.0 Å². The second-order valence-electron chi connectivity index (χ2n) is 5.34. The Morgan fingerprint density at radius 1 is 1.19 bits per heavy atom. The van der Waals surface area contributed by atoms with Gasteiger partial charge in [-0.05, 0) is 18.6 Å². The van der Waals surface area contributed by atoms with Crippen LogP contribution in [0.2, 0.25) is 0 Å². The lowest BCUT2D eigenvalue weighted by atomic mass is 10.0. The molecular weight excluding hydrogens is 286 g/mol. The monoisotopic (exact) mass is 305 g/mol. The van der Waals surface area contributed by atoms with Gasteiger partial charge in [0.1, 0.15) is 5.82 Å². The fourth-order valence-electron chi connectivity index (χ4n) is 2.62. The molecule has 1 aromatic rings. The van der Waals surface area contributed by atoms with Crippen molar-refractivity contribution in [2.75, 3.05) is 37.6 Å². The minimum atomic E-state index is -4.20. The molecule has 1 fully saturated rings. The Morgan fingerprint density at radius 2 is 1.81 bits per heavy atom. The summed E-state index contributed by atoms with van der Waals surface area (Å²) in [7, 11) is 0. The minimum Gasteiger partial charge on any atom is -0.366 e. The lowest BCUT2D eigenvalue weighted by molar-refractivity contribution is -0.146. The number of halogens is 4. The highest BCUT2D eigenvalue weighted by Crippen LogP contribution is 2.29. The third kappa shape index (κ3) is 4.07. The molecule has 1 aliphatic heterocycles. The summed E-state index contributed by atoms with van der Waals surface area (Å²) in [5.41, 5.74) is 6.94. The standard InChI is InChI=1S/C14H19F4N3/c1-10(19)11-3-2-4-12(15)13(11)21-7-5-20(6-8-21)9-14(16,17)18/h2-4,10H,5-9,19H2,1H3/t10-/m0/s1. The average Bonchev–Trinajstić information content (AvgIpc) is 2.37. The van der Waals surface area contributed by atoms with E-state index in [1.165, 1.54) is 11.0 Å². The van der Waals surface area contributed by atoms with Crippen LogP contribution in [0.5, 0.6) is 0 Å². The first-order valence-corrected chi connectivity index (χ1v) is 6.86. The van der Waals surface area contributed by atoms with Crippen LogP contribution in [0.1, 0.15) is 18.5 Å². The number of benzene rings is 1. The zero-order chi connectivity index (χ0) is 15.6. The van der Waals surface area contributed by atoms with E-state index in [2.05, 4.69) is 0 Å². The van der Waals surface area contributed by atoms with Crippen molar-refractivity contribution in [2.24, 2.45) is 5.73 Å². The van der Waals surface area contributed by atoms with E-state index in [9.17, 15) is 17.6 Å². The van der Waals surface area contributed by atoms with Gasteiger partial charge in [0.15, 0.2) is 0 Å². The summed E-state index contributed by atoms with van der Waals surface area (Å²) >= 11 is 0. The number of rotatable bonds is 3. The SMILES string of the molecule is C[C@H](N)c1cccc(F)c1N1CCN(CC(F)(F)F)CC1. The summed E-state index contributed by atoms with van der Waals surface area (Å²) in [5.74, 6) is -0.380. The largest absolute Gasteiger partial charge is 0.401 e. The van der Waals surface area contributed by atoms with Crippen molar-refractivity contribution in [1.29, 1.82) is 0 Å². The normalized spacial score (nSPS) is 18.9. The van der Waals surface area contributed by atoms with Crippen molar-refractivity contribution in [1.82, 2.24) is 4.90 Å². The van der Waals surface area contributed by atoms with E-state index in [-0.39, 0.29) is 24.9 Å². The van der Waals surface area contributed by atoms with Crippen LogP contribution in [-0.4, -0.2) is 43.8 Å². The van der Waals surface area contributed by atoms with E-state index in [4.69, 9.17) is 5.73 Å². The van der Waals surface area contributed by atoms with Gasteiger partial charge in [-0.3, -0.25) is 4.90 Å². The topological polar surface area (TPSA) is 32.5 Å². The summed E-state index contributed by atoms with van der Waals surface area (Å²) in [6, 6.07) is 4.37. The third-order valence-corrected chi connectivity index (χ3v) is 3.60. The number of piperazine rings is 1.